The third kappa shape index (κ3) is 4.78. The maximum absolute atomic E-state index is 12.0. The molecule has 4 bridgehead atoms. The van der Waals surface area contributed by atoms with Crippen molar-refractivity contribution in [2.24, 2.45) is 22.2 Å². The van der Waals surface area contributed by atoms with E-state index >= 15 is 0 Å². The maximum atomic E-state index is 12.0. The molecule has 7 rings (SSSR count). The molecule has 2 N–H and O–H groups in total. The molecule has 2 saturated heterocycles. The molecule has 36 heavy (non-hydrogen) atoms. The van der Waals surface area contributed by atoms with Crippen LogP contribution < -0.4 is 5.32 Å². The van der Waals surface area contributed by atoms with Gasteiger partial charge in [0.15, 0.2) is 0 Å². The first-order valence-electron chi connectivity index (χ1n) is 13.8. The number of carboxylic acid groups (broad SMARTS) is 1. The second kappa shape index (κ2) is 8.75. The van der Waals surface area contributed by atoms with Crippen LogP contribution in [0, 0.1) is 22.2 Å². The molecular weight excluding hydrogens is 452 g/mol. The van der Waals surface area contributed by atoms with Crippen molar-refractivity contribution in [3.8, 4) is 0 Å². The van der Waals surface area contributed by atoms with Crippen molar-refractivity contribution in [2.75, 3.05) is 26.2 Å². The molecule has 2 heterocycles. The van der Waals surface area contributed by atoms with Gasteiger partial charge < -0.3 is 20.1 Å². The number of hydrogen-bond acceptors (Lipinski definition) is 4. The van der Waals surface area contributed by atoms with Gasteiger partial charge in [-0.15, -0.1) is 0 Å². The summed E-state index contributed by atoms with van der Waals surface area (Å²) in [6.07, 6.45) is 8.32. The molecular formula is C30H44N2O4. The van der Waals surface area contributed by atoms with Crippen LogP contribution in [0.15, 0.2) is 30.3 Å². The largest absolute Gasteiger partial charge is 0.481 e. The summed E-state index contributed by atoms with van der Waals surface area (Å²) in [5, 5.41) is 13.2. The van der Waals surface area contributed by atoms with Crippen molar-refractivity contribution in [1.29, 1.82) is 0 Å². The molecule has 2 aliphatic heterocycles. The van der Waals surface area contributed by atoms with Crippen LogP contribution in [0.3, 0.4) is 0 Å². The second-order valence-corrected chi connectivity index (χ2v) is 14.1. The zero-order valence-corrected chi connectivity index (χ0v) is 22.6. The minimum Gasteiger partial charge on any atom is -0.481 e. The Morgan fingerprint density at radius 2 is 1.67 bits per heavy atom. The molecule has 4 aliphatic carbocycles. The Balaban J connectivity index is 0.000000152. The minimum atomic E-state index is -0.548. The summed E-state index contributed by atoms with van der Waals surface area (Å²) in [7, 11) is 0. The van der Waals surface area contributed by atoms with E-state index in [0.717, 1.165) is 58.3 Å². The molecule has 0 aromatic heterocycles. The van der Waals surface area contributed by atoms with Gasteiger partial charge in [0.1, 0.15) is 5.60 Å². The van der Waals surface area contributed by atoms with Gasteiger partial charge in [-0.1, -0.05) is 37.3 Å². The van der Waals surface area contributed by atoms with E-state index < -0.39 is 11.4 Å². The summed E-state index contributed by atoms with van der Waals surface area (Å²) >= 11 is 0. The molecule has 4 saturated carbocycles. The van der Waals surface area contributed by atoms with Crippen molar-refractivity contribution < 1.29 is 19.4 Å². The number of carbonyl (C=O) groups is 2. The second-order valence-electron chi connectivity index (χ2n) is 14.1. The summed E-state index contributed by atoms with van der Waals surface area (Å²) < 4.78 is 5.37. The van der Waals surface area contributed by atoms with Gasteiger partial charge in [-0.05, 0) is 99.9 Å². The van der Waals surface area contributed by atoms with E-state index in [1.807, 2.05) is 25.7 Å². The SMILES string of the molecule is CC(C)(C)OC(=O)N1CCC2(CC1)CNC2.CC12CC3CC(C(=O)O)(C1)CC(c1ccccc1)(C3)C2. The van der Waals surface area contributed by atoms with E-state index in [2.05, 4.69) is 42.6 Å². The van der Waals surface area contributed by atoms with Gasteiger partial charge >= 0.3 is 12.1 Å². The molecule has 6 aliphatic rings. The number of hydrogen-bond donors (Lipinski definition) is 2. The summed E-state index contributed by atoms with van der Waals surface area (Å²) in [5.41, 5.74) is 1.37. The van der Waals surface area contributed by atoms with E-state index in [1.165, 1.54) is 24.8 Å². The monoisotopic (exact) mass is 496 g/mol. The van der Waals surface area contributed by atoms with Crippen LogP contribution in [0.5, 0.6) is 0 Å². The average molecular weight is 497 g/mol. The van der Waals surface area contributed by atoms with Crippen LogP contribution in [0.2, 0.25) is 0 Å². The summed E-state index contributed by atoms with van der Waals surface area (Å²) in [6.45, 7) is 12.0. The number of ether oxygens (including phenoxy) is 1. The Kier molecular flexibility index (Phi) is 6.21. The number of carboxylic acids is 1. The van der Waals surface area contributed by atoms with Crippen LogP contribution in [0.1, 0.15) is 84.6 Å². The summed E-state index contributed by atoms with van der Waals surface area (Å²) in [6, 6.07) is 10.7. The molecule has 198 valence electrons. The standard InChI is InChI=1S/C18H22O2.C12H22N2O2/c1-16-7-13-8-17(10-16,14-5-3-2-4-6-14)12-18(9-13,11-16)15(19)20;1-11(2,3)16-10(15)14-6-4-12(5-7-14)8-13-9-12/h2-6,13H,7-12H2,1H3,(H,19,20);13H,4-9H2,1-3H3. The Bertz CT molecular complexity index is 990. The predicted octanol–water partition coefficient (Wildman–Crippen LogP) is 5.61. The van der Waals surface area contributed by atoms with E-state index in [9.17, 15) is 14.7 Å². The Morgan fingerprint density at radius 3 is 2.19 bits per heavy atom. The van der Waals surface area contributed by atoms with Gasteiger partial charge in [-0.25, -0.2) is 4.79 Å². The molecule has 0 radical (unpaired) electrons. The van der Waals surface area contributed by atoms with Crippen LogP contribution in [0.4, 0.5) is 4.79 Å². The highest BCUT2D eigenvalue weighted by atomic mass is 16.6. The van der Waals surface area contributed by atoms with Gasteiger partial charge in [0.25, 0.3) is 0 Å². The lowest BCUT2D eigenvalue weighted by atomic mass is 9.39. The molecule has 1 aromatic carbocycles. The van der Waals surface area contributed by atoms with Gasteiger partial charge in [-0.2, -0.15) is 0 Å². The number of amides is 1. The molecule has 1 spiro atoms. The summed E-state index contributed by atoms with van der Waals surface area (Å²) in [5.74, 6) is 0.0562. The van der Waals surface area contributed by atoms with Crippen molar-refractivity contribution in [1.82, 2.24) is 10.2 Å². The Labute approximate surface area is 216 Å². The third-order valence-corrected chi connectivity index (χ3v) is 9.66. The Morgan fingerprint density at radius 1 is 1.00 bits per heavy atom. The number of likely N-dealkylation sites (tertiary alicyclic amines) is 1. The number of aliphatic carboxylic acids is 1. The molecule has 1 amide bonds. The minimum absolute atomic E-state index is 0.119. The smallest absolute Gasteiger partial charge is 0.410 e. The van der Waals surface area contributed by atoms with Gasteiger partial charge in [0.2, 0.25) is 0 Å². The Hall–Kier alpha value is -2.08. The quantitative estimate of drug-likeness (QED) is 0.557. The van der Waals surface area contributed by atoms with Crippen molar-refractivity contribution in [3.05, 3.63) is 35.9 Å². The number of piperidine rings is 1. The predicted molar refractivity (Wildman–Crippen MR) is 140 cm³/mol. The number of nitrogens with one attached hydrogen (secondary N) is 1. The first-order chi connectivity index (χ1) is 16.9. The van der Waals surface area contributed by atoms with Gasteiger partial charge in [0, 0.05) is 26.2 Å². The van der Waals surface area contributed by atoms with E-state index in [-0.39, 0.29) is 22.5 Å². The van der Waals surface area contributed by atoms with Crippen molar-refractivity contribution >= 4 is 12.1 Å². The van der Waals surface area contributed by atoms with Gasteiger partial charge in [-0.3, -0.25) is 4.79 Å². The molecule has 4 atom stereocenters. The van der Waals surface area contributed by atoms with Crippen LogP contribution >= 0.6 is 0 Å². The molecule has 6 nitrogen and oxygen atoms in total. The zero-order valence-electron chi connectivity index (χ0n) is 22.6. The van der Waals surface area contributed by atoms with Crippen LogP contribution in [-0.4, -0.2) is 53.8 Å². The molecule has 6 heteroatoms. The number of nitrogens with zero attached hydrogens (tertiary/aromatic N) is 1. The lowest BCUT2D eigenvalue weighted by Gasteiger charge is -2.64. The van der Waals surface area contributed by atoms with Crippen molar-refractivity contribution in [3.63, 3.8) is 0 Å². The number of rotatable bonds is 2. The normalized spacial score (nSPS) is 36.0. The van der Waals surface area contributed by atoms with Gasteiger partial charge in [0.05, 0.1) is 5.41 Å². The highest BCUT2D eigenvalue weighted by molar-refractivity contribution is 5.76. The lowest BCUT2D eigenvalue weighted by Crippen LogP contribution is -2.60. The number of carbonyl (C=O) groups excluding carboxylic acids is 1. The average Bonchev–Trinajstić information content (AvgIpc) is 2.76. The van der Waals surface area contributed by atoms with E-state index in [1.54, 1.807) is 0 Å². The highest BCUT2D eigenvalue weighted by Crippen LogP contribution is 2.70. The fourth-order valence-corrected chi connectivity index (χ4v) is 8.60. The fourth-order valence-electron chi connectivity index (χ4n) is 8.60. The third-order valence-electron chi connectivity index (χ3n) is 9.66. The molecule has 6 fully saturated rings. The van der Waals surface area contributed by atoms with Crippen LogP contribution in [0.25, 0.3) is 0 Å². The zero-order chi connectivity index (χ0) is 25.8. The first kappa shape index (κ1) is 25.6. The lowest BCUT2D eigenvalue weighted by molar-refractivity contribution is -0.177. The van der Waals surface area contributed by atoms with Crippen LogP contribution in [-0.2, 0) is 14.9 Å². The fraction of sp³-hybridized carbons (Fsp3) is 0.733. The summed E-state index contributed by atoms with van der Waals surface area (Å²) in [4.78, 5) is 25.6. The topological polar surface area (TPSA) is 78.9 Å². The highest BCUT2D eigenvalue weighted by Gasteiger charge is 2.64. The number of benzene rings is 1. The van der Waals surface area contributed by atoms with E-state index in [4.69, 9.17) is 4.74 Å². The molecule has 4 unspecified atom stereocenters. The van der Waals surface area contributed by atoms with E-state index in [0.29, 0.717) is 11.3 Å². The molecule has 1 aromatic rings. The first-order valence-corrected chi connectivity index (χ1v) is 13.8. The van der Waals surface area contributed by atoms with Crippen molar-refractivity contribution in [2.45, 2.75) is 90.1 Å². The maximum Gasteiger partial charge on any atom is 0.410 e.